The van der Waals surface area contributed by atoms with Crippen molar-refractivity contribution < 1.29 is 28.2 Å². The number of para-hydroxylation sites is 1. The molecule has 0 saturated carbocycles. The molecule has 11 nitrogen and oxygen atoms in total. The number of nitrogens with zero attached hydrogens (tertiary/aromatic N) is 3. The summed E-state index contributed by atoms with van der Waals surface area (Å²) in [5, 5.41) is 3.15. The van der Waals surface area contributed by atoms with Gasteiger partial charge in [-0.15, -0.1) is 0 Å². The summed E-state index contributed by atoms with van der Waals surface area (Å²) >= 11 is 0. The van der Waals surface area contributed by atoms with Crippen LogP contribution >= 0.6 is 0 Å². The lowest BCUT2D eigenvalue weighted by Gasteiger charge is -2.34. The Morgan fingerprint density at radius 3 is 2.47 bits per heavy atom. The van der Waals surface area contributed by atoms with Crippen molar-refractivity contribution in [3.05, 3.63) is 78.5 Å². The number of aromatic nitrogens is 4. The number of esters is 1. The molecule has 38 heavy (non-hydrogen) atoms. The zero-order chi connectivity index (χ0) is 26.7. The zero-order valence-electron chi connectivity index (χ0n) is 20.2. The van der Waals surface area contributed by atoms with Crippen molar-refractivity contribution in [1.29, 1.82) is 0 Å². The number of benzene rings is 2. The van der Waals surface area contributed by atoms with Crippen molar-refractivity contribution in [2.75, 3.05) is 18.5 Å². The molecule has 5 rings (SSSR count). The number of aromatic amines is 1. The minimum atomic E-state index is -1.23. The Kier molecular flexibility index (Phi) is 6.81. The monoisotopic (exact) mass is 518 g/mol. The third-order valence-corrected chi connectivity index (χ3v) is 5.80. The van der Waals surface area contributed by atoms with Crippen molar-refractivity contribution in [2.24, 2.45) is 11.1 Å². The first kappa shape index (κ1) is 25.0. The molecule has 4 N–H and O–H groups in total. The molecule has 2 aromatic carbocycles. The second kappa shape index (κ2) is 10.4. The zero-order valence-corrected chi connectivity index (χ0v) is 20.2. The molecule has 3 heterocycles. The summed E-state index contributed by atoms with van der Waals surface area (Å²) < 4.78 is 29.7. The Hall–Kier alpha value is -4.68. The van der Waals surface area contributed by atoms with Gasteiger partial charge in [-0.05, 0) is 49.4 Å². The number of halogens is 1. The maximum Gasteiger partial charge on any atom is 0.412 e. The molecule has 1 amide bonds. The molecule has 0 radical (unpaired) electrons. The van der Waals surface area contributed by atoms with Crippen molar-refractivity contribution >= 4 is 23.7 Å². The van der Waals surface area contributed by atoms with E-state index in [1.54, 1.807) is 24.4 Å². The van der Waals surface area contributed by atoms with E-state index in [0.717, 1.165) is 5.69 Å². The van der Waals surface area contributed by atoms with Crippen LogP contribution in [-0.4, -0.2) is 45.2 Å². The summed E-state index contributed by atoms with van der Waals surface area (Å²) in [6.07, 6.45) is -0.559. The molecule has 0 unspecified atom stereocenters. The fourth-order valence-corrected chi connectivity index (χ4v) is 3.81. The lowest BCUT2D eigenvalue weighted by Crippen LogP contribution is -2.45. The number of primary amides is 1. The van der Waals surface area contributed by atoms with Gasteiger partial charge in [0.1, 0.15) is 11.2 Å². The summed E-state index contributed by atoms with van der Waals surface area (Å²) in [5.74, 6) is -0.567. The van der Waals surface area contributed by atoms with E-state index >= 15 is 0 Å². The molecule has 0 bridgehead atoms. The van der Waals surface area contributed by atoms with Crippen LogP contribution in [0.1, 0.15) is 19.0 Å². The van der Waals surface area contributed by atoms with Gasteiger partial charge in [0, 0.05) is 17.4 Å². The molecule has 1 saturated heterocycles. The van der Waals surface area contributed by atoms with Gasteiger partial charge >= 0.3 is 12.1 Å². The maximum atomic E-state index is 13.6. The molecule has 1 aliphatic heterocycles. The Bertz CT molecular complexity index is 1450. The van der Waals surface area contributed by atoms with Gasteiger partial charge in [0.25, 0.3) is 0 Å². The van der Waals surface area contributed by atoms with Crippen molar-refractivity contribution in [3.8, 4) is 22.6 Å². The number of H-pyrrole nitrogens is 1. The number of carbonyl (C=O) groups is 2. The second-order valence-electron chi connectivity index (χ2n) is 8.83. The van der Waals surface area contributed by atoms with Gasteiger partial charge in [-0.3, -0.25) is 4.79 Å². The summed E-state index contributed by atoms with van der Waals surface area (Å²) in [4.78, 5) is 40.0. The third-order valence-electron chi connectivity index (χ3n) is 5.80. The van der Waals surface area contributed by atoms with Gasteiger partial charge in [-0.25, -0.2) is 24.1 Å². The average Bonchev–Trinajstić information content (AvgIpc) is 3.35. The Balaban J connectivity index is 1.45. The summed E-state index contributed by atoms with van der Waals surface area (Å²) in [6.45, 7) is 1.32. The SMILES string of the molecule is CC1(C(=O)OC(N)=O)COC(c2nc(-c3ccc(F)cc3)c(-c3ccnc(Nc4ccccc4)n3)[nH]2)OC1. The van der Waals surface area contributed by atoms with E-state index in [0.29, 0.717) is 34.4 Å². The lowest BCUT2D eigenvalue weighted by atomic mass is 9.92. The molecular weight excluding hydrogens is 495 g/mol. The van der Waals surface area contributed by atoms with Crippen LogP contribution in [0.25, 0.3) is 22.6 Å². The number of nitrogens with two attached hydrogens (primary N) is 1. The minimum absolute atomic E-state index is 0.107. The van der Waals surface area contributed by atoms with Crippen LogP contribution < -0.4 is 11.1 Å². The fourth-order valence-electron chi connectivity index (χ4n) is 3.81. The summed E-state index contributed by atoms with van der Waals surface area (Å²) in [7, 11) is 0. The first-order chi connectivity index (χ1) is 18.3. The van der Waals surface area contributed by atoms with Crippen molar-refractivity contribution in [1.82, 2.24) is 19.9 Å². The van der Waals surface area contributed by atoms with Gasteiger partial charge in [0.15, 0.2) is 5.82 Å². The smallest absolute Gasteiger partial charge is 0.376 e. The third kappa shape index (κ3) is 5.36. The number of nitrogens with one attached hydrogen (secondary N) is 2. The number of imidazole rings is 1. The highest BCUT2D eigenvalue weighted by Crippen LogP contribution is 2.36. The van der Waals surface area contributed by atoms with E-state index in [-0.39, 0.29) is 19.0 Å². The molecule has 1 aliphatic rings. The van der Waals surface area contributed by atoms with E-state index < -0.39 is 23.8 Å². The highest BCUT2D eigenvalue weighted by Gasteiger charge is 2.43. The molecule has 4 aromatic rings. The number of amides is 1. The Labute approximate surface area is 216 Å². The van der Waals surface area contributed by atoms with Gasteiger partial charge in [0.05, 0.1) is 30.3 Å². The second-order valence-corrected chi connectivity index (χ2v) is 8.83. The van der Waals surface area contributed by atoms with E-state index in [4.69, 9.17) is 15.2 Å². The van der Waals surface area contributed by atoms with Crippen LogP contribution in [0.15, 0.2) is 66.9 Å². The number of hydrogen-bond acceptors (Lipinski definition) is 9. The number of anilines is 2. The predicted molar refractivity (Wildman–Crippen MR) is 133 cm³/mol. The van der Waals surface area contributed by atoms with Crippen molar-refractivity contribution in [3.63, 3.8) is 0 Å². The van der Waals surface area contributed by atoms with Crippen LogP contribution in [0.5, 0.6) is 0 Å². The van der Waals surface area contributed by atoms with Crippen LogP contribution in [0.3, 0.4) is 0 Å². The largest absolute Gasteiger partial charge is 0.412 e. The van der Waals surface area contributed by atoms with Crippen LogP contribution in [0, 0.1) is 11.2 Å². The highest BCUT2D eigenvalue weighted by molar-refractivity contribution is 5.87. The fraction of sp³-hybridized carbons (Fsp3) is 0.192. The van der Waals surface area contributed by atoms with Gasteiger partial charge < -0.3 is 30.2 Å². The predicted octanol–water partition coefficient (Wildman–Crippen LogP) is 4.09. The molecule has 0 spiro atoms. The summed E-state index contributed by atoms with van der Waals surface area (Å²) in [5.41, 5.74) is 6.70. The van der Waals surface area contributed by atoms with E-state index in [2.05, 4.69) is 30.0 Å². The maximum absolute atomic E-state index is 13.6. The lowest BCUT2D eigenvalue weighted by molar-refractivity contribution is -0.236. The van der Waals surface area contributed by atoms with E-state index in [1.165, 1.54) is 19.1 Å². The van der Waals surface area contributed by atoms with Crippen LogP contribution in [0.2, 0.25) is 0 Å². The minimum Gasteiger partial charge on any atom is -0.376 e. The highest BCUT2D eigenvalue weighted by atomic mass is 19.1. The van der Waals surface area contributed by atoms with Crippen molar-refractivity contribution in [2.45, 2.75) is 13.2 Å². The molecule has 1 fully saturated rings. The molecule has 0 atom stereocenters. The molecular formula is C26H23FN6O5. The van der Waals surface area contributed by atoms with Gasteiger partial charge in [-0.2, -0.15) is 0 Å². The van der Waals surface area contributed by atoms with Crippen LogP contribution in [-0.2, 0) is 19.0 Å². The molecule has 2 aromatic heterocycles. The van der Waals surface area contributed by atoms with Gasteiger partial charge in [-0.1, -0.05) is 18.2 Å². The van der Waals surface area contributed by atoms with E-state index in [9.17, 15) is 14.0 Å². The average molecular weight is 519 g/mol. The first-order valence-corrected chi connectivity index (χ1v) is 11.6. The van der Waals surface area contributed by atoms with Gasteiger partial charge in [0.2, 0.25) is 12.2 Å². The standard InChI is InChI=1S/C26H23FN6O5/c1-26(23(34)38-24(28)35)13-36-22(37-14-26)21-32-19(15-7-9-16(27)10-8-15)20(33-21)18-11-12-29-25(31-18)30-17-5-3-2-4-6-17/h2-12,22H,13-14H2,1H3,(H2,28,35)(H,32,33)(H,29,30,31). The first-order valence-electron chi connectivity index (χ1n) is 11.6. The Morgan fingerprint density at radius 2 is 1.79 bits per heavy atom. The molecule has 194 valence electrons. The quantitative estimate of drug-likeness (QED) is 0.253. The van der Waals surface area contributed by atoms with E-state index in [1.807, 2.05) is 30.3 Å². The number of ether oxygens (including phenoxy) is 3. The molecule has 12 heteroatoms. The number of hydrogen-bond donors (Lipinski definition) is 3. The van der Waals surface area contributed by atoms with Crippen LogP contribution in [0.4, 0.5) is 20.8 Å². The number of rotatable bonds is 6. The topological polar surface area (TPSA) is 154 Å². The summed E-state index contributed by atoms with van der Waals surface area (Å²) in [6, 6.07) is 17.0. The Morgan fingerprint density at radius 1 is 1.08 bits per heavy atom. The normalized spacial score (nSPS) is 19.1. The number of carbonyl (C=O) groups excluding carboxylic acids is 2. The molecule has 0 aliphatic carbocycles.